The lowest BCUT2D eigenvalue weighted by atomic mass is 10.00. The van der Waals surface area contributed by atoms with Crippen LogP contribution < -0.4 is 10.5 Å². The van der Waals surface area contributed by atoms with Crippen molar-refractivity contribution in [3.8, 4) is 11.3 Å². The summed E-state index contributed by atoms with van der Waals surface area (Å²) < 4.78 is 3.34. The monoisotopic (exact) mass is 402 g/mol. The van der Waals surface area contributed by atoms with Gasteiger partial charge in [0.05, 0.1) is 17.9 Å². The van der Waals surface area contributed by atoms with Gasteiger partial charge >= 0.3 is 0 Å². The van der Waals surface area contributed by atoms with Crippen LogP contribution >= 0.6 is 0 Å². The molecule has 1 fully saturated rings. The molecular weight excluding hydrogens is 380 g/mol. The first-order valence-corrected chi connectivity index (χ1v) is 10.0. The molecule has 5 heterocycles. The highest BCUT2D eigenvalue weighted by atomic mass is 16.1. The van der Waals surface area contributed by atoms with Crippen LogP contribution in [0.1, 0.15) is 25.5 Å². The fraction of sp³-hybridized carbons (Fsp3) is 0.333. The van der Waals surface area contributed by atoms with Crippen molar-refractivity contribution < 1.29 is 0 Å². The van der Waals surface area contributed by atoms with Crippen LogP contribution in [0.25, 0.3) is 17.0 Å². The molecule has 5 rings (SSSR count). The number of hydrogen-bond acceptors (Lipinski definition) is 7. The van der Waals surface area contributed by atoms with E-state index in [1.165, 1.54) is 6.33 Å². The first-order chi connectivity index (χ1) is 14.6. The van der Waals surface area contributed by atoms with E-state index in [-0.39, 0.29) is 5.56 Å². The molecule has 1 saturated heterocycles. The molecule has 152 valence electrons. The predicted molar refractivity (Wildman–Crippen MR) is 112 cm³/mol. The lowest BCUT2D eigenvalue weighted by molar-refractivity contribution is 0.332. The van der Waals surface area contributed by atoms with Crippen LogP contribution in [0.15, 0.2) is 53.8 Å². The molecule has 1 aliphatic rings. The number of rotatable bonds is 5. The predicted octanol–water partition coefficient (Wildman–Crippen LogP) is 2.00. The Labute approximate surface area is 173 Å². The van der Waals surface area contributed by atoms with Gasteiger partial charge in [-0.05, 0) is 24.1 Å². The maximum absolute atomic E-state index is 12.3. The highest BCUT2D eigenvalue weighted by Gasteiger charge is 2.30. The van der Waals surface area contributed by atoms with Crippen LogP contribution in [0.3, 0.4) is 0 Å². The van der Waals surface area contributed by atoms with E-state index >= 15 is 0 Å². The van der Waals surface area contributed by atoms with Crippen LogP contribution in [-0.2, 0) is 6.54 Å². The van der Waals surface area contributed by atoms with E-state index in [4.69, 9.17) is 0 Å². The summed E-state index contributed by atoms with van der Waals surface area (Å²) in [4.78, 5) is 27.4. The molecule has 0 aromatic carbocycles. The Balaban J connectivity index is 1.34. The topological polar surface area (TPSA) is 94.1 Å². The van der Waals surface area contributed by atoms with Crippen LogP contribution in [0.4, 0.5) is 5.82 Å². The normalized spacial score (nSPS) is 14.4. The van der Waals surface area contributed by atoms with Gasteiger partial charge in [-0.3, -0.25) is 9.78 Å². The molecule has 0 atom stereocenters. The minimum absolute atomic E-state index is 0.0871. The SMILES string of the molecule is CC(C)c1cc(N2CC(Cn3nc(-c4ccncc4)ccc3=O)C2)n2ncnc2n1. The van der Waals surface area contributed by atoms with Crippen molar-refractivity contribution in [3.63, 3.8) is 0 Å². The summed E-state index contributed by atoms with van der Waals surface area (Å²) in [5.74, 6) is 2.24. The zero-order valence-corrected chi connectivity index (χ0v) is 16.9. The lowest BCUT2D eigenvalue weighted by Gasteiger charge is -2.40. The second kappa shape index (κ2) is 7.33. The van der Waals surface area contributed by atoms with E-state index in [1.54, 1.807) is 33.7 Å². The number of pyridine rings is 1. The van der Waals surface area contributed by atoms with Crippen LogP contribution in [0.2, 0.25) is 0 Å². The molecule has 0 unspecified atom stereocenters. The molecule has 0 saturated carbocycles. The van der Waals surface area contributed by atoms with Crippen molar-refractivity contribution in [1.29, 1.82) is 0 Å². The Morgan fingerprint density at radius 3 is 2.70 bits per heavy atom. The molecule has 0 radical (unpaired) electrons. The molecule has 9 heteroatoms. The minimum atomic E-state index is -0.0871. The quantitative estimate of drug-likeness (QED) is 0.504. The molecular formula is C21H22N8O. The molecule has 4 aromatic rings. The summed E-state index contributed by atoms with van der Waals surface area (Å²) in [6.07, 6.45) is 4.98. The number of aromatic nitrogens is 7. The third kappa shape index (κ3) is 3.32. The Bertz CT molecular complexity index is 1240. The number of fused-ring (bicyclic) bond motifs is 1. The fourth-order valence-corrected chi connectivity index (χ4v) is 3.71. The van der Waals surface area contributed by atoms with Gasteiger partial charge in [0, 0.05) is 49.1 Å². The summed E-state index contributed by atoms with van der Waals surface area (Å²) in [7, 11) is 0. The summed E-state index contributed by atoms with van der Waals surface area (Å²) in [6.45, 7) is 6.46. The highest BCUT2D eigenvalue weighted by molar-refractivity contribution is 5.57. The van der Waals surface area contributed by atoms with Gasteiger partial charge in [0.1, 0.15) is 12.1 Å². The van der Waals surface area contributed by atoms with Gasteiger partial charge in [0.15, 0.2) is 0 Å². The van der Waals surface area contributed by atoms with Crippen molar-refractivity contribution in [2.75, 3.05) is 18.0 Å². The Morgan fingerprint density at radius 1 is 1.13 bits per heavy atom. The molecule has 0 amide bonds. The van der Waals surface area contributed by atoms with E-state index in [2.05, 4.69) is 50.0 Å². The summed E-state index contributed by atoms with van der Waals surface area (Å²) in [6, 6.07) is 9.20. The molecule has 0 bridgehead atoms. The van der Waals surface area contributed by atoms with Gasteiger partial charge < -0.3 is 4.90 Å². The van der Waals surface area contributed by atoms with Crippen molar-refractivity contribution in [1.82, 2.24) is 34.3 Å². The molecule has 1 aliphatic heterocycles. The van der Waals surface area contributed by atoms with Gasteiger partial charge in [-0.25, -0.2) is 9.67 Å². The maximum atomic E-state index is 12.3. The van der Waals surface area contributed by atoms with Gasteiger partial charge in [0.25, 0.3) is 11.3 Å². The third-order valence-corrected chi connectivity index (χ3v) is 5.40. The molecule has 0 N–H and O–H groups in total. The first-order valence-electron chi connectivity index (χ1n) is 10.0. The summed E-state index contributed by atoms with van der Waals surface area (Å²) in [5.41, 5.74) is 2.63. The van der Waals surface area contributed by atoms with E-state index in [0.717, 1.165) is 35.9 Å². The highest BCUT2D eigenvalue weighted by Crippen LogP contribution is 2.27. The van der Waals surface area contributed by atoms with Crippen molar-refractivity contribution in [3.05, 3.63) is 65.1 Å². The third-order valence-electron chi connectivity index (χ3n) is 5.40. The van der Waals surface area contributed by atoms with Crippen LogP contribution in [0.5, 0.6) is 0 Å². The standard InChI is InChI=1S/C21H22N8O/c1-14(2)18-9-19(29-21(25-18)23-13-24-29)27-10-15(11-27)12-28-20(30)4-3-17(26-28)16-5-7-22-8-6-16/h3-9,13-15H,10-12H2,1-2H3. The fourth-order valence-electron chi connectivity index (χ4n) is 3.71. The van der Waals surface area contributed by atoms with Gasteiger partial charge in [-0.2, -0.15) is 19.7 Å². The van der Waals surface area contributed by atoms with Crippen molar-refractivity contribution >= 4 is 11.6 Å². The van der Waals surface area contributed by atoms with Crippen LogP contribution in [-0.4, -0.2) is 47.4 Å². The summed E-state index contributed by atoms with van der Waals surface area (Å²) in [5, 5.41) is 8.88. The number of hydrogen-bond donors (Lipinski definition) is 0. The van der Waals surface area contributed by atoms with E-state index < -0.39 is 0 Å². The molecule has 0 spiro atoms. The number of anilines is 1. The maximum Gasteiger partial charge on any atom is 0.266 e. The van der Waals surface area contributed by atoms with Crippen molar-refractivity contribution in [2.45, 2.75) is 26.3 Å². The summed E-state index contributed by atoms with van der Waals surface area (Å²) >= 11 is 0. The smallest absolute Gasteiger partial charge is 0.266 e. The zero-order chi connectivity index (χ0) is 20.7. The first kappa shape index (κ1) is 18.4. The van der Waals surface area contributed by atoms with Gasteiger partial charge in [-0.1, -0.05) is 13.8 Å². The van der Waals surface area contributed by atoms with Crippen LogP contribution in [0, 0.1) is 5.92 Å². The van der Waals surface area contributed by atoms with Gasteiger partial charge in [-0.15, -0.1) is 0 Å². The Morgan fingerprint density at radius 2 is 1.93 bits per heavy atom. The minimum Gasteiger partial charge on any atom is -0.356 e. The second-order valence-electron chi connectivity index (χ2n) is 7.91. The second-order valence-corrected chi connectivity index (χ2v) is 7.91. The van der Waals surface area contributed by atoms with Crippen molar-refractivity contribution in [2.24, 2.45) is 5.92 Å². The zero-order valence-electron chi connectivity index (χ0n) is 16.9. The number of nitrogens with zero attached hydrogens (tertiary/aromatic N) is 8. The average molecular weight is 402 g/mol. The molecule has 9 nitrogen and oxygen atoms in total. The van der Waals surface area contributed by atoms with E-state index in [0.29, 0.717) is 24.2 Å². The molecule has 30 heavy (non-hydrogen) atoms. The van der Waals surface area contributed by atoms with Gasteiger partial charge in [0.2, 0.25) is 0 Å². The Kier molecular flexibility index (Phi) is 4.50. The average Bonchev–Trinajstić information content (AvgIpc) is 3.20. The largest absolute Gasteiger partial charge is 0.356 e. The van der Waals surface area contributed by atoms with E-state index in [9.17, 15) is 4.79 Å². The molecule has 4 aromatic heterocycles. The lowest BCUT2D eigenvalue weighted by Crippen LogP contribution is -2.50. The molecule has 0 aliphatic carbocycles. The van der Waals surface area contributed by atoms with E-state index in [1.807, 2.05) is 12.1 Å². The Hall–Kier alpha value is -3.62.